The number of halogens is 3. The number of morpholine rings is 1. The summed E-state index contributed by atoms with van der Waals surface area (Å²) in [5.41, 5.74) is 5.57. The lowest BCUT2D eigenvalue weighted by atomic mass is 10.1. The van der Waals surface area contributed by atoms with Gasteiger partial charge in [0.2, 0.25) is 0 Å². The van der Waals surface area contributed by atoms with Crippen LogP contribution < -0.4 is 5.73 Å². The van der Waals surface area contributed by atoms with Gasteiger partial charge in [0.15, 0.2) is 0 Å². The van der Waals surface area contributed by atoms with E-state index in [2.05, 4.69) is 35.2 Å². The van der Waals surface area contributed by atoms with Gasteiger partial charge < -0.3 is 15.0 Å². The summed E-state index contributed by atoms with van der Waals surface area (Å²) in [4.78, 5) is 11.2. The molecule has 32 heavy (non-hydrogen) atoms. The molecule has 172 valence electrons. The van der Waals surface area contributed by atoms with Gasteiger partial charge in [-0.15, -0.1) is 0 Å². The minimum absolute atomic E-state index is 0.0988. The van der Waals surface area contributed by atoms with Crippen molar-refractivity contribution >= 4 is 5.82 Å². The van der Waals surface area contributed by atoms with Gasteiger partial charge in [0.25, 0.3) is 0 Å². The Morgan fingerprint density at radius 2 is 2.06 bits per heavy atom. The number of hydrogen-bond donors (Lipinski definition) is 1. The predicted molar refractivity (Wildman–Crippen MR) is 113 cm³/mol. The molecule has 9 heteroatoms. The van der Waals surface area contributed by atoms with Crippen LogP contribution in [0.1, 0.15) is 44.5 Å². The number of nitrogens with two attached hydrogens (primary N) is 1. The van der Waals surface area contributed by atoms with E-state index in [4.69, 9.17) is 15.5 Å². The Balaban J connectivity index is 1.35. The van der Waals surface area contributed by atoms with Crippen LogP contribution >= 0.6 is 0 Å². The topological polar surface area (TPSA) is 69.2 Å². The highest BCUT2D eigenvalue weighted by Crippen LogP contribution is 2.89. The maximum absolute atomic E-state index is 13.4. The lowest BCUT2D eigenvalue weighted by Gasteiger charge is -2.38. The summed E-state index contributed by atoms with van der Waals surface area (Å²) in [5.74, 6) is 2.51. The van der Waals surface area contributed by atoms with Crippen molar-refractivity contribution in [1.29, 1.82) is 0 Å². The maximum Gasteiger partial charge on any atom is 0.419 e. The molecule has 3 heterocycles. The monoisotopic (exact) mass is 447 g/mol. The third kappa shape index (κ3) is 2.61. The van der Waals surface area contributed by atoms with Gasteiger partial charge in [-0.3, -0.25) is 4.90 Å². The first-order chi connectivity index (χ1) is 15.2. The van der Waals surface area contributed by atoms with Crippen LogP contribution in [-0.4, -0.2) is 51.3 Å². The second kappa shape index (κ2) is 6.47. The molecule has 0 amide bonds. The molecule has 7 rings (SSSR count). The molecule has 5 aliphatic rings. The molecule has 2 aromatic rings. The summed E-state index contributed by atoms with van der Waals surface area (Å²) in [6.45, 7) is 8.95. The average Bonchev–Trinajstić information content (AvgIpc) is 3.30. The van der Waals surface area contributed by atoms with E-state index in [0.29, 0.717) is 41.1 Å². The summed E-state index contributed by atoms with van der Waals surface area (Å²) in [5, 5.41) is 0. The number of anilines is 1. The normalized spacial score (nSPS) is 35.9. The van der Waals surface area contributed by atoms with Crippen LogP contribution in [0.4, 0.5) is 19.0 Å². The first-order valence-corrected chi connectivity index (χ1v) is 11.4. The molecule has 1 aliphatic heterocycles. The summed E-state index contributed by atoms with van der Waals surface area (Å²) in [7, 11) is 0. The quantitative estimate of drug-likeness (QED) is 0.774. The van der Waals surface area contributed by atoms with Crippen molar-refractivity contribution < 1.29 is 17.9 Å². The zero-order valence-electron chi connectivity index (χ0n) is 18.4. The minimum atomic E-state index is -4.55. The van der Waals surface area contributed by atoms with Crippen molar-refractivity contribution in [3.05, 3.63) is 29.8 Å². The van der Waals surface area contributed by atoms with Gasteiger partial charge in [-0.05, 0) is 31.2 Å². The van der Waals surface area contributed by atoms with Gasteiger partial charge in [0, 0.05) is 48.4 Å². The summed E-state index contributed by atoms with van der Waals surface area (Å²) < 4.78 is 48.0. The Hall–Kier alpha value is -2.13. The Kier molecular flexibility index (Phi) is 4.14. The van der Waals surface area contributed by atoms with Crippen LogP contribution in [0.15, 0.2) is 18.5 Å². The van der Waals surface area contributed by atoms with Crippen molar-refractivity contribution in [1.82, 2.24) is 19.4 Å². The molecule has 4 aliphatic carbocycles. The highest BCUT2D eigenvalue weighted by molar-refractivity contribution is 5.63. The zero-order chi connectivity index (χ0) is 22.6. The van der Waals surface area contributed by atoms with Crippen LogP contribution in [-0.2, 0) is 16.5 Å². The van der Waals surface area contributed by atoms with E-state index >= 15 is 0 Å². The van der Waals surface area contributed by atoms with E-state index in [1.807, 2.05) is 6.20 Å². The van der Waals surface area contributed by atoms with Gasteiger partial charge in [-0.2, -0.15) is 13.2 Å². The van der Waals surface area contributed by atoms with Gasteiger partial charge in [0.1, 0.15) is 11.6 Å². The summed E-state index contributed by atoms with van der Waals surface area (Å²) in [6.07, 6.45) is -0.00914. The van der Waals surface area contributed by atoms with Gasteiger partial charge in [0.05, 0.1) is 30.0 Å². The third-order valence-corrected chi connectivity index (χ3v) is 8.21. The number of nitrogen functional groups attached to an aromatic ring is 1. The van der Waals surface area contributed by atoms with Crippen LogP contribution in [0, 0.1) is 17.8 Å². The summed E-state index contributed by atoms with van der Waals surface area (Å²) >= 11 is 0. The van der Waals surface area contributed by atoms with Crippen molar-refractivity contribution in [2.75, 3.05) is 25.5 Å². The lowest BCUT2D eigenvalue weighted by Crippen LogP contribution is -2.49. The highest BCUT2D eigenvalue weighted by atomic mass is 19.4. The number of nitrogens with zero attached hydrogens (tertiary/aromatic N) is 4. The first kappa shape index (κ1) is 20.5. The molecule has 6 atom stereocenters. The van der Waals surface area contributed by atoms with E-state index in [-0.39, 0.29) is 11.5 Å². The standard InChI is InChI=1S/C23H28F3N5O/c1-11(2)21-29-16(13-6-15(23(24,25)26)20(27)28-8-13)9-31(21)22-14-7-17(19(22)18(14)22)30-4-5-32-10-12(30)3/h6,8-9,11-12,14,17-19H,4-5,7,10H2,1-3H3,(H2,27,28)/t12-,14+,17?,18+,19?,22?/m0/s1. The Labute approximate surface area is 185 Å². The van der Waals surface area contributed by atoms with E-state index < -0.39 is 17.6 Å². The maximum atomic E-state index is 13.4. The molecule has 4 saturated carbocycles. The van der Waals surface area contributed by atoms with Crippen molar-refractivity contribution in [2.24, 2.45) is 17.8 Å². The highest BCUT2D eigenvalue weighted by Gasteiger charge is 2.94. The van der Waals surface area contributed by atoms with Crippen molar-refractivity contribution in [2.45, 2.75) is 56.9 Å². The van der Waals surface area contributed by atoms with Crippen LogP contribution in [0.3, 0.4) is 0 Å². The van der Waals surface area contributed by atoms with Crippen LogP contribution in [0.25, 0.3) is 11.3 Å². The molecule has 2 aromatic heterocycles. The molecular formula is C23H28F3N5O. The fraction of sp³-hybridized carbons (Fsp3) is 0.652. The SMILES string of the molecule is CC(C)c1nc(-c2cnc(N)c(C(F)(F)F)c2)cn1C12C3C(N4CCOC[C@@H]4C)C[C@@H]1[C@H]32. The number of pyridine rings is 1. The molecular weight excluding hydrogens is 419 g/mol. The number of alkyl halides is 3. The second-order valence-corrected chi connectivity index (χ2v) is 10.2. The van der Waals surface area contributed by atoms with Crippen LogP contribution in [0.2, 0.25) is 0 Å². The Bertz CT molecular complexity index is 1080. The number of imidazole rings is 1. The van der Waals surface area contributed by atoms with Crippen molar-refractivity contribution in [3.8, 4) is 11.3 Å². The smallest absolute Gasteiger partial charge is 0.383 e. The second-order valence-electron chi connectivity index (χ2n) is 10.2. The number of fused-ring (bicyclic) bond motifs is 1. The molecule has 6 nitrogen and oxygen atoms in total. The Morgan fingerprint density at radius 1 is 1.28 bits per heavy atom. The van der Waals surface area contributed by atoms with E-state index in [0.717, 1.165) is 31.6 Å². The molecule has 1 saturated heterocycles. The molecule has 0 aromatic carbocycles. The van der Waals surface area contributed by atoms with Gasteiger partial charge in [-0.25, -0.2) is 9.97 Å². The molecule has 2 N–H and O–H groups in total. The fourth-order valence-corrected chi connectivity index (χ4v) is 6.78. The molecule has 0 spiro atoms. The molecule has 0 radical (unpaired) electrons. The molecule has 5 fully saturated rings. The van der Waals surface area contributed by atoms with E-state index in [9.17, 15) is 13.2 Å². The molecule has 2 bridgehead atoms. The van der Waals surface area contributed by atoms with Crippen molar-refractivity contribution in [3.63, 3.8) is 0 Å². The first-order valence-electron chi connectivity index (χ1n) is 11.4. The van der Waals surface area contributed by atoms with E-state index in [1.165, 1.54) is 12.6 Å². The minimum Gasteiger partial charge on any atom is -0.383 e. The van der Waals surface area contributed by atoms with Gasteiger partial charge in [-0.1, -0.05) is 13.8 Å². The number of rotatable bonds is 4. The number of hydrogen-bond acceptors (Lipinski definition) is 5. The van der Waals surface area contributed by atoms with E-state index in [1.54, 1.807) is 0 Å². The number of aromatic nitrogens is 3. The average molecular weight is 448 g/mol. The molecule has 3 unspecified atom stereocenters. The number of ether oxygens (including phenoxy) is 1. The summed E-state index contributed by atoms with van der Waals surface area (Å²) in [6, 6.07) is 2.06. The third-order valence-electron chi connectivity index (χ3n) is 8.21. The fourth-order valence-electron chi connectivity index (χ4n) is 6.78. The zero-order valence-corrected chi connectivity index (χ0v) is 18.4. The largest absolute Gasteiger partial charge is 0.419 e. The van der Waals surface area contributed by atoms with Crippen LogP contribution in [0.5, 0.6) is 0 Å². The lowest BCUT2D eigenvalue weighted by molar-refractivity contribution is -0.137. The predicted octanol–water partition coefficient (Wildman–Crippen LogP) is 3.73. The van der Waals surface area contributed by atoms with Gasteiger partial charge >= 0.3 is 6.18 Å². The Morgan fingerprint density at radius 3 is 2.72 bits per heavy atom.